The minimum atomic E-state index is 0.135. The molecule has 0 bridgehead atoms. The SMILES string of the molecule is CC(CCC(=O)NCc1ccc2nc[nH]c2c1)N1CCCC1. The standard InChI is InChI=1S/C17H24N4O/c1-13(21-8-2-3-9-21)4-7-17(22)18-11-14-5-6-15-16(10-14)20-12-19-15/h5-6,10,12-13H,2-4,7-9,11H2,1H3,(H,18,22)(H,19,20). The maximum absolute atomic E-state index is 12.0. The van der Waals surface area contributed by atoms with E-state index in [2.05, 4.69) is 27.1 Å². The Bertz CT molecular complexity index is 630. The third-order valence-electron chi connectivity index (χ3n) is 4.53. The number of carbonyl (C=O) groups is 1. The summed E-state index contributed by atoms with van der Waals surface area (Å²) < 4.78 is 0. The Morgan fingerprint density at radius 2 is 2.23 bits per heavy atom. The van der Waals surface area contributed by atoms with Gasteiger partial charge in [0, 0.05) is 19.0 Å². The van der Waals surface area contributed by atoms with E-state index in [0.717, 1.165) is 23.0 Å². The summed E-state index contributed by atoms with van der Waals surface area (Å²) in [6.45, 7) is 5.18. The molecule has 118 valence electrons. The van der Waals surface area contributed by atoms with Gasteiger partial charge >= 0.3 is 0 Å². The molecule has 2 N–H and O–H groups in total. The van der Waals surface area contributed by atoms with Crippen LogP contribution in [0.1, 0.15) is 38.2 Å². The third-order valence-corrected chi connectivity index (χ3v) is 4.53. The van der Waals surface area contributed by atoms with Crippen molar-refractivity contribution in [3.8, 4) is 0 Å². The van der Waals surface area contributed by atoms with Gasteiger partial charge in [0.2, 0.25) is 5.91 Å². The molecular weight excluding hydrogens is 276 g/mol. The number of H-pyrrole nitrogens is 1. The molecule has 2 heterocycles. The number of rotatable bonds is 6. The van der Waals surface area contributed by atoms with Gasteiger partial charge in [-0.15, -0.1) is 0 Å². The van der Waals surface area contributed by atoms with E-state index >= 15 is 0 Å². The van der Waals surface area contributed by atoms with Gasteiger partial charge in [-0.3, -0.25) is 4.79 Å². The maximum atomic E-state index is 12.0. The van der Waals surface area contributed by atoms with E-state index in [9.17, 15) is 4.79 Å². The fourth-order valence-corrected chi connectivity index (χ4v) is 3.09. The quantitative estimate of drug-likeness (QED) is 0.861. The van der Waals surface area contributed by atoms with Gasteiger partial charge in [-0.25, -0.2) is 4.98 Å². The van der Waals surface area contributed by atoms with E-state index < -0.39 is 0 Å². The second-order valence-electron chi connectivity index (χ2n) is 6.16. The number of hydrogen-bond acceptors (Lipinski definition) is 3. The minimum absolute atomic E-state index is 0.135. The summed E-state index contributed by atoms with van der Waals surface area (Å²) in [6.07, 6.45) is 5.82. The minimum Gasteiger partial charge on any atom is -0.352 e. The van der Waals surface area contributed by atoms with Crippen molar-refractivity contribution < 1.29 is 4.79 Å². The number of nitrogens with zero attached hydrogens (tertiary/aromatic N) is 2. The van der Waals surface area contributed by atoms with Gasteiger partial charge in [0.05, 0.1) is 17.4 Å². The Balaban J connectivity index is 1.43. The number of amides is 1. The highest BCUT2D eigenvalue weighted by Gasteiger charge is 2.18. The van der Waals surface area contributed by atoms with E-state index in [0.29, 0.717) is 19.0 Å². The van der Waals surface area contributed by atoms with Crippen LogP contribution in [0.5, 0.6) is 0 Å². The van der Waals surface area contributed by atoms with Gasteiger partial charge in [-0.05, 0) is 57.0 Å². The van der Waals surface area contributed by atoms with E-state index in [4.69, 9.17) is 0 Å². The van der Waals surface area contributed by atoms with E-state index in [1.54, 1.807) is 6.33 Å². The van der Waals surface area contributed by atoms with Crippen LogP contribution in [0, 0.1) is 0 Å². The molecule has 3 rings (SSSR count). The molecule has 1 aromatic heterocycles. The molecular formula is C17H24N4O. The summed E-state index contributed by atoms with van der Waals surface area (Å²) in [7, 11) is 0. The number of aromatic amines is 1. The molecule has 1 aliphatic heterocycles. The van der Waals surface area contributed by atoms with Gasteiger partial charge in [0.25, 0.3) is 0 Å². The van der Waals surface area contributed by atoms with E-state index in [-0.39, 0.29) is 5.91 Å². The van der Waals surface area contributed by atoms with Gasteiger partial charge < -0.3 is 15.2 Å². The highest BCUT2D eigenvalue weighted by atomic mass is 16.1. The first kappa shape index (κ1) is 15.0. The van der Waals surface area contributed by atoms with Crippen LogP contribution in [0.25, 0.3) is 11.0 Å². The first-order chi connectivity index (χ1) is 10.7. The summed E-state index contributed by atoms with van der Waals surface area (Å²) >= 11 is 0. The summed E-state index contributed by atoms with van der Waals surface area (Å²) in [4.78, 5) is 21.8. The predicted octanol–water partition coefficient (Wildman–Crippen LogP) is 2.44. The summed E-state index contributed by atoms with van der Waals surface area (Å²) in [5, 5.41) is 3.01. The molecule has 1 saturated heterocycles. The average Bonchev–Trinajstić information content (AvgIpc) is 3.20. The zero-order valence-corrected chi connectivity index (χ0v) is 13.1. The van der Waals surface area contributed by atoms with Crippen LogP contribution in [0.15, 0.2) is 24.5 Å². The monoisotopic (exact) mass is 300 g/mol. The molecule has 1 amide bonds. The lowest BCUT2D eigenvalue weighted by atomic mass is 10.1. The molecule has 0 aliphatic carbocycles. The molecule has 0 saturated carbocycles. The lowest BCUT2D eigenvalue weighted by molar-refractivity contribution is -0.121. The number of imidazole rings is 1. The summed E-state index contributed by atoms with van der Waals surface area (Å²) in [6, 6.07) is 6.53. The van der Waals surface area contributed by atoms with Gasteiger partial charge in [0.1, 0.15) is 0 Å². The van der Waals surface area contributed by atoms with Crippen molar-refractivity contribution in [3.05, 3.63) is 30.1 Å². The second-order valence-corrected chi connectivity index (χ2v) is 6.16. The number of likely N-dealkylation sites (tertiary alicyclic amines) is 1. The average molecular weight is 300 g/mol. The molecule has 0 radical (unpaired) electrons. The lowest BCUT2D eigenvalue weighted by Crippen LogP contribution is -2.32. The molecule has 1 atom stereocenters. The van der Waals surface area contributed by atoms with Crippen molar-refractivity contribution in [1.82, 2.24) is 20.2 Å². The number of hydrogen-bond donors (Lipinski definition) is 2. The normalized spacial score (nSPS) is 17.0. The smallest absolute Gasteiger partial charge is 0.220 e. The predicted molar refractivity (Wildman–Crippen MR) is 87.4 cm³/mol. The number of aromatic nitrogens is 2. The van der Waals surface area contributed by atoms with Crippen LogP contribution < -0.4 is 5.32 Å². The van der Waals surface area contributed by atoms with Crippen molar-refractivity contribution in [1.29, 1.82) is 0 Å². The van der Waals surface area contributed by atoms with E-state index in [1.165, 1.54) is 25.9 Å². The number of carbonyl (C=O) groups excluding carboxylic acids is 1. The molecule has 1 aliphatic rings. The van der Waals surface area contributed by atoms with Crippen LogP contribution in [0.2, 0.25) is 0 Å². The molecule has 2 aromatic rings. The zero-order chi connectivity index (χ0) is 15.4. The Hall–Kier alpha value is -1.88. The van der Waals surface area contributed by atoms with Gasteiger partial charge in [0.15, 0.2) is 0 Å². The summed E-state index contributed by atoms with van der Waals surface area (Å²) in [5.41, 5.74) is 3.06. The van der Waals surface area contributed by atoms with E-state index in [1.807, 2.05) is 18.2 Å². The van der Waals surface area contributed by atoms with Crippen molar-refractivity contribution in [3.63, 3.8) is 0 Å². The summed E-state index contributed by atoms with van der Waals surface area (Å²) in [5.74, 6) is 0.135. The van der Waals surface area contributed by atoms with Crippen LogP contribution in [-0.2, 0) is 11.3 Å². The molecule has 1 aromatic carbocycles. The molecule has 5 nitrogen and oxygen atoms in total. The highest BCUT2D eigenvalue weighted by molar-refractivity contribution is 5.77. The van der Waals surface area contributed by atoms with Gasteiger partial charge in [-0.2, -0.15) is 0 Å². The largest absolute Gasteiger partial charge is 0.352 e. The first-order valence-electron chi connectivity index (χ1n) is 8.15. The lowest BCUT2D eigenvalue weighted by Gasteiger charge is -2.23. The van der Waals surface area contributed by atoms with Crippen LogP contribution in [0.3, 0.4) is 0 Å². The van der Waals surface area contributed by atoms with Gasteiger partial charge in [-0.1, -0.05) is 6.07 Å². The fraction of sp³-hybridized carbons (Fsp3) is 0.529. The molecule has 0 spiro atoms. The van der Waals surface area contributed by atoms with Crippen molar-refractivity contribution in [2.75, 3.05) is 13.1 Å². The third kappa shape index (κ3) is 3.65. The first-order valence-corrected chi connectivity index (χ1v) is 8.15. The number of benzene rings is 1. The van der Waals surface area contributed by atoms with Crippen molar-refractivity contribution >= 4 is 16.9 Å². The Morgan fingerprint density at radius 3 is 3.05 bits per heavy atom. The molecule has 5 heteroatoms. The second kappa shape index (κ2) is 6.92. The fourth-order valence-electron chi connectivity index (χ4n) is 3.09. The molecule has 1 fully saturated rings. The Morgan fingerprint density at radius 1 is 1.41 bits per heavy atom. The van der Waals surface area contributed by atoms with Crippen LogP contribution in [0.4, 0.5) is 0 Å². The van der Waals surface area contributed by atoms with Crippen molar-refractivity contribution in [2.24, 2.45) is 0 Å². The highest BCUT2D eigenvalue weighted by Crippen LogP contribution is 2.15. The maximum Gasteiger partial charge on any atom is 0.220 e. The van der Waals surface area contributed by atoms with Crippen LogP contribution >= 0.6 is 0 Å². The number of fused-ring (bicyclic) bond motifs is 1. The Kier molecular flexibility index (Phi) is 4.73. The molecule has 1 unspecified atom stereocenters. The van der Waals surface area contributed by atoms with Crippen molar-refractivity contribution in [2.45, 2.75) is 45.2 Å². The van der Waals surface area contributed by atoms with Crippen LogP contribution in [-0.4, -0.2) is 39.9 Å². The zero-order valence-electron chi connectivity index (χ0n) is 13.1. The molecule has 22 heavy (non-hydrogen) atoms. The number of nitrogens with one attached hydrogen (secondary N) is 2. The Labute approximate surface area is 131 Å². The topological polar surface area (TPSA) is 61.0 Å².